The zero-order valence-corrected chi connectivity index (χ0v) is 18.4. The Morgan fingerprint density at radius 3 is 1.62 bits per heavy atom. The molecule has 0 amide bonds. The summed E-state index contributed by atoms with van der Waals surface area (Å²) in [4.78, 5) is 11.9. The lowest BCUT2D eigenvalue weighted by molar-refractivity contribution is -0.414. The van der Waals surface area contributed by atoms with Gasteiger partial charge in [0.1, 0.15) is 5.75 Å². The molecule has 0 saturated carbocycles. The molecule has 0 aliphatic heterocycles. The van der Waals surface area contributed by atoms with Crippen molar-refractivity contribution in [1.29, 1.82) is 0 Å². The highest BCUT2D eigenvalue weighted by atomic mass is 19.4. The number of carbonyl (C=O) groups excluding carboxylic acids is 1. The van der Waals surface area contributed by atoms with Crippen LogP contribution in [0, 0.1) is 0 Å². The van der Waals surface area contributed by atoms with Crippen molar-refractivity contribution in [2.24, 2.45) is 0 Å². The third-order valence-corrected chi connectivity index (χ3v) is 4.94. The summed E-state index contributed by atoms with van der Waals surface area (Å²) in [5.74, 6) is -37.4. The molecule has 0 aliphatic carbocycles. The van der Waals surface area contributed by atoms with Crippen LogP contribution < -0.4 is 4.74 Å². The van der Waals surface area contributed by atoms with Crippen molar-refractivity contribution in [3.63, 3.8) is 0 Å². The maximum Gasteiger partial charge on any atom is 0.384 e. The number of carbonyl (C=O) groups is 1. The Morgan fingerprint density at radius 1 is 0.730 bits per heavy atom. The van der Waals surface area contributed by atoms with E-state index in [2.05, 4.69) is 4.74 Å². The molecule has 0 unspecified atom stereocenters. The van der Waals surface area contributed by atoms with E-state index in [9.17, 15) is 57.5 Å². The first-order chi connectivity index (χ1) is 16.8. The van der Waals surface area contributed by atoms with Gasteiger partial charge in [-0.1, -0.05) is 24.3 Å². The van der Waals surface area contributed by atoms with Gasteiger partial charge in [-0.25, -0.2) is 13.6 Å². The fraction of sp³-hybridized carbons (Fsp3) is 0.409. The second-order valence-electron chi connectivity index (χ2n) is 7.46. The van der Waals surface area contributed by atoms with Crippen LogP contribution in [0.4, 0.5) is 52.7 Å². The average Bonchev–Trinajstić information content (AvgIpc) is 2.82. The maximum absolute atomic E-state index is 13.8. The minimum absolute atomic E-state index is 0.406. The van der Waals surface area contributed by atoms with Gasteiger partial charge in [-0.2, -0.15) is 43.9 Å². The van der Waals surface area contributed by atoms with E-state index in [4.69, 9.17) is 4.74 Å². The lowest BCUT2D eigenvalue weighted by atomic mass is 9.94. The number of benzene rings is 2. The van der Waals surface area contributed by atoms with Crippen LogP contribution in [0.25, 0.3) is 11.1 Å². The van der Waals surface area contributed by atoms with Gasteiger partial charge in [0.15, 0.2) is 6.61 Å². The third kappa shape index (κ3) is 5.44. The first-order valence-electron chi connectivity index (χ1n) is 10.0. The van der Waals surface area contributed by atoms with Crippen LogP contribution in [0.2, 0.25) is 0 Å². The standard InChI is InChI=1S/C22H16F12O3/c1-2-36-15-9-7-13(8-10-15)12-3-5-14(6-4-12)16(35)37-11-18(25,26)20(29,30)22(33,34)21(31,32)19(27,28)17(23)24/h3-10,17H,2,11H2,1H3. The van der Waals surface area contributed by atoms with E-state index >= 15 is 0 Å². The molecule has 2 rings (SSSR count). The fourth-order valence-electron chi connectivity index (χ4n) is 2.81. The SMILES string of the molecule is CCOc1ccc(-c2ccc(C(=O)OCC(F)(F)C(F)(F)C(F)(F)C(F)(F)C(F)(F)C(F)F)cc2)cc1. The zero-order chi connectivity index (χ0) is 28.4. The second-order valence-corrected chi connectivity index (χ2v) is 7.46. The number of rotatable bonds is 11. The van der Waals surface area contributed by atoms with Crippen LogP contribution in [0.5, 0.6) is 5.75 Å². The molecule has 15 heteroatoms. The summed E-state index contributed by atoms with van der Waals surface area (Å²) in [7, 11) is 0. The maximum atomic E-state index is 13.8. The molecule has 0 bridgehead atoms. The highest BCUT2D eigenvalue weighted by Crippen LogP contribution is 2.58. The molecule has 0 spiro atoms. The Balaban J connectivity index is 2.17. The summed E-state index contributed by atoms with van der Waals surface area (Å²) >= 11 is 0. The van der Waals surface area contributed by atoms with Crippen molar-refractivity contribution in [3.8, 4) is 16.9 Å². The average molecular weight is 556 g/mol. The first-order valence-corrected chi connectivity index (χ1v) is 10.0. The lowest BCUT2D eigenvalue weighted by Crippen LogP contribution is -2.69. The zero-order valence-electron chi connectivity index (χ0n) is 18.4. The Morgan fingerprint density at radius 2 is 1.19 bits per heavy atom. The summed E-state index contributed by atoms with van der Waals surface area (Å²) in [5, 5.41) is 0. The van der Waals surface area contributed by atoms with Gasteiger partial charge in [0.05, 0.1) is 12.2 Å². The largest absolute Gasteiger partial charge is 0.494 e. The topological polar surface area (TPSA) is 35.5 Å². The van der Waals surface area contributed by atoms with Crippen molar-refractivity contribution in [2.45, 2.75) is 43.0 Å². The van der Waals surface area contributed by atoms with Gasteiger partial charge in [-0.05, 0) is 42.3 Å². The predicted molar refractivity (Wildman–Crippen MR) is 104 cm³/mol. The molecule has 0 saturated heterocycles. The van der Waals surface area contributed by atoms with E-state index in [1.165, 1.54) is 12.1 Å². The van der Waals surface area contributed by atoms with Gasteiger partial charge in [0, 0.05) is 0 Å². The summed E-state index contributed by atoms with van der Waals surface area (Å²) < 4.78 is 167. The normalized spacial score (nSPS) is 13.6. The number of hydrogen-bond acceptors (Lipinski definition) is 3. The van der Waals surface area contributed by atoms with Gasteiger partial charge in [0.2, 0.25) is 0 Å². The Bertz CT molecular complexity index is 1070. The first kappa shape index (κ1) is 30.1. The molecule has 0 heterocycles. The third-order valence-electron chi connectivity index (χ3n) is 4.94. The molecule has 0 aliphatic rings. The lowest BCUT2D eigenvalue weighted by Gasteiger charge is -2.38. The van der Waals surface area contributed by atoms with Crippen LogP contribution >= 0.6 is 0 Å². The number of esters is 1. The van der Waals surface area contributed by atoms with Crippen LogP contribution in [-0.2, 0) is 4.74 Å². The van der Waals surface area contributed by atoms with E-state index in [-0.39, 0.29) is 0 Å². The fourth-order valence-corrected chi connectivity index (χ4v) is 2.81. The molecule has 0 aromatic heterocycles. The van der Waals surface area contributed by atoms with Crippen LogP contribution in [-0.4, -0.2) is 55.2 Å². The Kier molecular flexibility index (Phi) is 8.40. The molecule has 206 valence electrons. The molecule has 37 heavy (non-hydrogen) atoms. The summed E-state index contributed by atoms with van der Waals surface area (Å²) in [5.41, 5.74) is 0.506. The summed E-state index contributed by atoms with van der Waals surface area (Å²) in [6, 6.07) is 10.9. The highest BCUT2D eigenvalue weighted by Gasteiger charge is 2.87. The van der Waals surface area contributed by atoms with Gasteiger partial charge >= 0.3 is 42.0 Å². The van der Waals surface area contributed by atoms with Crippen molar-refractivity contribution in [3.05, 3.63) is 54.1 Å². The number of alkyl halides is 12. The molecular weight excluding hydrogens is 540 g/mol. The quantitative estimate of drug-likeness (QED) is 0.215. The molecule has 0 radical (unpaired) electrons. The van der Waals surface area contributed by atoms with Gasteiger partial charge in [0.25, 0.3) is 0 Å². The smallest absolute Gasteiger partial charge is 0.384 e. The van der Waals surface area contributed by atoms with Crippen LogP contribution in [0.1, 0.15) is 17.3 Å². The van der Waals surface area contributed by atoms with Crippen LogP contribution in [0.15, 0.2) is 48.5 Å². The molecule has 3 nitrogen and oxygen atoms in total. The van der Waals surface area contributed by atoms with E-state index in [0.29, 0.717) is 23.5 Å². The van der Waals surface area contributed by atoms with E-state index in [0.717, 1.165) is 12.1 Å². The molecule has 2 aromatic rings. The number of hydrogen-bond donors (Lipinski definition) is 0. The highest BCUT2D eigenvalue weighted by molar-refractivity contribution is 5.90. The minimum Gasteiger partial charge on any atom is -0.494 e. The van der Waals surface area contributed by atoms with Crippen molar-refractivity contribution >= 4 is 5.97 Å². The van der Waals surface area contributed by atoms with Gasteiger partial charge in [-0.3, -0.25) is 0 Å². The van der Waals surface area contributed by atoms with Gasteiger partial charge < -0.3 is 9.47 Å². The summed E-state index contributed by atoms with van der Waals surface area (Å²) in [6.45, 7) is -0.801. The molecular formula is C22H16F12O3. The Labute approximate surface area is 201 Å². The van der Waals surface area contributed by atoms with Gasteiger partial charge in [-0.15, -0.1) is 0 Å². The second kappa shape index (κ2) is 10.3. The molecule has 0 N–H and O–H groups in total. The Hall–Kier alpha value is -3.13. The summed E-state index contributed by atoms with van der Waals surface area (Å²) in [6.07, 6.45) is -5.60. The predicted octanol–water partition coefficient (Wildman–Crippen LogP) is 7.35. The minimum atomic E-state index is -7.69. The molecule has 0 fully saturated rings. The van der Waals surface area contributed by atoms with E-state index in [1.54, 1.807) is 31.2 Å². The molecule has 2 aromatic carbocycles. The van der Waals surface area contributed by atoms with Crippen LogP contribution in [0.3, 0.4) is 0 Å². The van der Waals surface area contributed by atoms with E-state index < -0.39 is 54.2 Å². The van der Waals surface area contributed by atoms with Crippen molar-refractivity contribution in [1.82, 2.24) is 0 Å². The number of ether oxygens (including phenoxy) is 2. The number of halogens is 12. The molecule has 0 atom stereocenters. The van der Waals surface area contributed by atoms with Crippen molar-refractivity contribution < 1.29 is 67.0 Å². The van der Waals surface area contributed by atoms with Crippen molar-refractivity contribution in [2.75, 3.05) is 13.2 Å². The van der Waals surface area contributed by atoms with E-state index in [1.807, 2.05) is 0 Å². The monoisotopic (exact) mass is 556 g/mol.